The zero-order valence-corrected chi connectivity index (χ0v) is 10.4. The molecule has 1 atom stereocenters. The van der Waals surface area contributed by atoms with Crippen LogP contribution in [0.5, 0.6) is 11.5 Å². The molecule has 1 fully saturated rings. The molecule has 0 spiro atoms. The molecule has 0 radical (unpaired) electrons. The lowest BCUT2D eigenvalue weighted by Crippen LogP contribution is -2.40. The third-order valence-corrected chi connectivity index (χ3v) is 3.60. The van der Waals surface area contributed by atoms with Crippen molar-refractivity contribution < 1.29 is 13.9 Å². The molecule has 0 aliphatic carbocycles. The lowest BCUT2D eigenvalue weighted by molar-refractivity contribution is 0.121. The van der Waals surface area contributed by atoms with Crippen molar-refractivity contribution in [2.24, 2.45) is 0 Å². The molecule has 0 amide bonds. The third-order valence-electron chi connectivity index (χ3n) is 3.60. The van der Waals surface area contributed by atoms with Crippen LogP contribution < -0.4 is 14.8 Å². The van der Waals surface area contributed by atoms with Crippen LogP contribution in [-0.4, -0.2) is 26.3 Å². The van der Waals surface area contributed by atoms with Gasteiger partial charge in [-0.15, -0.1) is 0 Å². The van der Waals surface area contributed by atoms with Crippen LogP contribution in [0.25, 0.3) is 0 Å². The second-order valence-corrected chi connectivity index (χ2v) is 4.96. The maximum atomic E-state index is 14.8. The van der Waals surface area contributed by atoms with E-state index in [2.05, 4.69) is 5.32 Å². The van der Waals surface area contributed by atoms with Crippen LogP contribution in [0, 0.1) is 0 Å². The molecule has 0 bridgehead atoms. The number of hydrogen-bond donors (Lipinski definition) is 1. The second kappa shape index (κ2) is 4.76. The molecular formula is C14H18FNO2. The fourth-order valence-corrected chi connectivity index (χ4v) is 2.56. The van der Waals surface area contributed by atoms with E-state index in [0.29, 0.717) is 37.5 Å². The number of fused-ring (bicyclic) bond motifs is 1. The fourth-order valence-electron chi connectivity index (χ4n) is 2.56. The Hall–Kier alpha value is -1.29. The Bertz CT molecular complexity index is 430. The molecule has 3 rings (SSSR count). The lowest BCUT2D eigenvalue weighted by Gasteiger charge is -2.30. The molecule has 1 aromatic carbocycles. The molecule has 98 valence electrons. The number of rotatable bonds is 1. The number of benzene rings is 1. The van der Waals surface area contributed by atoms with Crippen molar-refractivity contribution in [2.45, 2.75) is 24.9 Å². The molecule has 2 aliphatic heterocycles. The summed E-state index contributed by atoms with van der Waals surface area (Å²) in [5, 5.41) is 3.12. The summed E-state index contributed by atoms with van der Waals surface area (Å²) >= 11 is 0. The van der Waals surface area contributed by atoms with Crippen LogP contribution >= 0.6 is 0 Å². The van der Waals surface area contributed by atoms with Gasteiger partial charge in [0.05, 0.1) is 13.2 Å². The van der Waals surface area contributed by atoms with Gasteiger partial charge in [-0.2, -0.15) is 0 Å². The van der Waals surface area contributed by atoms with Gasteiger partial charge in [-0.05, 0) is 37.1 Å². The first-order valence-electron chi connectivity index (χ1n) is 6.58. The van der Waals surface area contributed by atoms with E-state index in [4.69, 9.17) is 9.47 Å². The van der Waals surface area contributed by atoms with Crippen molar-refractivity contribution >= 4 is 0 Å². The number of piperidine rings is 1. The van der Waals surface area contributed by atoms with Crippen molar-refractivity contribution in [1.82, 2.24) is 5.32 Å². The summed E-state index contributed by atoms with van der Waals surface area (Å²) in [5.74, 6) is 1.40. The van der Waals surface area contributed by atoms with Crippen molar-refractivity contribution in [3.8, 4) is 11.5 Å². The average molecular weight is 251 g/mol. The lowest BCUT2D eigenvalue weighted by atomic mass is 9.88. The SMILES string of the molecule is FC1(c2ccc3c(c2)OCCCO3)CCCNC1. The van der Waals surface area contributed by atoms with Gasteiger partial charge in [-0.3, -0.25) is 0 Å². The molecular weight excluding hydrogens is 233 g/mol. The summed E-state index contributed by atoms with van der Waals surface area (Å²) in [5.41, 5.74) is -0.581. The maximum absolute atomic E-state index is 14.8. The summed E-state index contributed by atoms with van der Waals surface area (Å²) in [4.78, 5) is 0. The van der Waals surface area contributed by atoms with Crippen LogP contribution in [0.1, 0.15) is 24.8 Å². The average Bonchev–Trinajstić information content (AvgIpc) is 2.64. The Morgan fingerprint density at radius 2 is 1.94 bits per heavy atom. The zero-order valence-electron chi connectivity index (χ0n) is 10.4. The fraction of sp³-hybridized carbons (Fsp3) is 0.571. The van der Waals surface area contributed by atoms with E-state index in [1.165, 1.54) is 0 Å². The molecule has 2 heterocycles. The predicted molar refractivity (Wildman–Crippen MR) is 66.9 cm³/mol. The Morgan fingerprint density at radius 3 is 2.72 bits per heavy atom. The van der Waals surface area contributed by atoms with Gasteiger partial charge in [-0.1, -0.05) is 6.07 Å². The molecule has 1 N–H and O–H groups in total. The first-order chi connectivity index (χ1) is 8.78. The van der Waals surface area contributed by atoms with Crippen LogP contribution in [0.15, 0.2) is 18.2 Å². The van der Waals surface area contributed by atoms with E-state index in [-0.39, 0.29) is 0 Å². The largest absolute Gasteiger partial charge is 0.490 e. The smallest absolute Gasteiger partial charge is 0.161 e. The second-order valence-electron chi connectivity index (χ2n) is 4.96. The molecule has 1 saturated heterocycles. The van der Waals surface area contributed by atoms with Crippen LogP contribution in [0.4, 0.5) is 4.39 Å². The number of hydrogen-bond acceptors (Lipinski definition) is 3. The first-order valence-corrected chi connectivity index (χ1v) is 6.58. The molecule has 1 unspecified atom stereocenters. The summed E-state index contributed by atoms with van der Waals surface area (Å²) in [6.45, 7) is 2.57. The van der Waals surface area contributed by atoms with Gasteiger partial charge in [-0.25, -0.2) is 4.39 Å². The van der Waals surface area contributed by atoms with E-state index >= 15 is 0 Å². The van der Waals surface area contributed by atoms with Crippen LogP contribution in [0.2, 0.25) is 0 Å². The van der Waals surface area contributed by atoms with E-state index in [1.54, 1.807) is 6.07 Å². The number of ether oxygens (including phenoxy) is 2. The number of nitrogens with one attached hydrogen (secondary N) is 1. The van der Waals surface area contributed by atoms with Crippen molar-refractivity contribution in [1.29, 1.82) is 0 Å². The van der Waals surface area contributed by atoms with Crippen molar-refractivity contribution in [3.63, 3.8) is 0 Å². The Balaban J connectivity index is 1.91. The molecule has 0 aromatic heterocycles. The summed E-state index contributed by atoms with van der Waals surface area (Å²) in [6.07, 6.45) is 2.30. The van der Waals surface area contributed by atoms with Gasteiger partial charge < -0.3 is 14.8 Å². The Labute approximate surface area is 106 Å². The van der Waals surface area contributed by atoms with E-state index in [1.807, 2.05) is 12.1 Å². The highest BCUT2D eigenvalue weighted by molar-refractivity contribution is 5.45. The molecule has 18 heavy (non-hydrogen) atoms. The highest BCUT2D eigenvalue weighted by Gasteiger charge is 2.34. The van der Waals surface area contributed by atoms with Crippen molar-refractivity contribution in [3.05, 3.63) is 23.8 Å². The van der Waals surface area contributed by atoms with Gasteiger partial charge in [0.25, 0.3) is 0 Å². The van der Waals surface area contributed by atoms with E-state index in [9.17, 15) is 4.39 Å². The Morgan fingerprint density at radius 1 is 1.11 bits per heavy atom. The van der Waals surface area contributed by atoms with Gasteiger partial charge >= 0.3 is 0 Å². The topological polar surface area (TPSA) is 30.5 Å². The highest BCUT2D eigenvalue weighted by atomic mass is 19.1. The van der Waals surface area contributed by atoms with Crippen molar-refractivity contribution in [2.75, 3.05) is 26.3 Å². The molecule has 2 aliphatic rings. The summed E-state index contributed by atoms with van der Waals surface area (Å²) in [7, 11) is 0. The minimum Gasteiger partial charge on any atom is -0.490 e. The molecule has 1 aromatic rings. The highest BCUT2D eigenvalue weighted by Crippen LogP contribution is 2.38. The quantitative estimate of drug-likeness (QED) is 0.831. The van der Waals surface area contributed by atoms with E-state index in [0.717, 1.165) is 25.1 Å². The summed E-state index contributed by atoms with van der Waals surface area (Å²) < 4.78 is 26.0. The summed E-state index contributed by atoms with van der Waals surface area (Å²) in [6, 6.07) is 5.44. The first kappa shape index (κ1) is 11.8. The van der Waals surface area contributed by atoms with E-state index < -0.39 is 5.67 Å². The Kier molecular flexibility index (Phi) is 3.12. The predicted octanol–water partition coefficient (Wildman–Crippen LogP) is 2.40. The standard InChI is InChI=1S/C14H18FNO2/c15-14(5-1-6-16-10-14)11-3-4-12-13(9-11)18-8-2-7-17-12/h3-4,9,16H,1-2,5-8,10H2. The van der Waals surface area contributed by atoms with Gasteiger partial charge in [0.15, 0.2) is 11.5 Å². The van der Waals surface area contributed by atoms with Gasteiger partial charge in [0.2, 0.25) is 0 Å². The minimum atomic E-state index is -1.27. The third kappa shape index (κ3) is 2.17. The van der Waals surface area contributed by atoms with Gasteiger partial charge in [0.1, 0.15) is 5.67 Å². The molecule has 0 saturated carbocycles. The minimum absolute atomic E-state index is 0.382. The van der Waals surface area contributed by atoms with Crippen LogP contribution in [-0.2, 0) is 5.67 Å². The zero-order chi connectivity index (χ0) is 12.4. The normalized spacial score (nSPS) is 27.6. The number of alkyl halides is 1. The molecule has 3 nitrogen and oxygen atoms in total. The number of halogens is 1. The van der Waals surface area contributed by atoms with Gasteiger partial charge in [0, 0.05) is 13.0 Å². The monoisotopic (exact) mass is 251 g/mol. The van der Waals surface area contributed by atoms with Crippen LogP contribution in [0.3, 0.4) is 0 Å². The maximum Gasteiger partial charge on any atom is 0.161 e. The molecule has 4 heteroatoms.